The Hall–Kier alpha value is -2.42. The Balaban J connectivity index is 1.45. The number of carbonyl (C=O) groups is 2. The van der Waals surface area contributed by atoms with Gasteiger partial charge in [0.25, 0.3) is 0 Å². The van der Waals surface area contributed by atoms with E-state index in [0.29, 0.717) is 35.4 Å². The van der Waals surface area contributed by atoms with Crippen molar-refractivity contribution in [2.45, 2.75) is 44.4 Å². The lowest BCUT2D eigenvalue weighted by molar-refractivity contribution is -0.113. The molecule has 0 spiro atoms. The maximum atomic E-state index is 12.1. The van der Waals surface area contributed by atoms with Gasteiger partial charge in [0, 0.05) is 5.69 Å². The third-order valence-electron chi connectivity index (χ3n) is 4.38. The van der Waals surface area contributed by atoms with Crippen molar-refractivity contribution < 1.29 is 14.3 Å². The van der Waals surface area contributed by atoms with Crippen molar-refractivity contribution in [3.63, 3.8) is 0 Å². The number of benzene rings is 1. The highest BCUT2D eigenvalue weighted by atomic mass is 32.2. The van der Waals surface area contributed by atoms with Crippen LogP contribution in [0.5, 0.6) is 0 Å². The van der Waals surface area contributed by atoms with E-state index >= 15 is 0 Å². The Morgan fingerprint density at radius 2 is 2.00 bits per heavy atom. The average Bonchev–Trinajstić information content (AvgIpc) is 3.34. The van der Waals surface area contributed by atoms with Crippen LogP contribution in [0, 0.1) is 0 Å². The monoisotopic (exact) mass is 389 g/mol. The molecule has 27 heavy (non-hydrogen) atoms. The third-order valence-corrected chi connectivity index (χ3v) is 5.30. The lowest BCUT2D eigenvalue weighted by atomic mass is 10.2. The van der Waals surface area contributed by atoms with Crippen molar-refractivity contribution in [3.05, 3.63) is 35.7 Å². The molecule has 1 amide bonds. The topological polar surface area (TPSA) is 99.0 Å². The standard InChI is InChI=1S/C18H23N5O3S/c1-2-26-18(25)13-7-9-14(10-8-13)19-17(24)12-27-11-16-20-21-22-23(16)15-5-3-4-6-15/h7-10,15H,2-6,11-12H2,1H3,(H,19,24). The molecule has 0 atom stereocenters. The molecule has 1 heterocycles. The Kier molecular flexibility index (Phi) is 6.80. The van der Waals surface area contributed by atoms with Gasteiger partial charge in [0.1, 0.15) is 0 Å². The highest BCUT2D eigenvalue weighted by molar-refractivity contribution is 7.99. The lowest BCUT2D eigenvalue weighted by Crippen LogP contribution is -2.15. The maximum absolute atomic E-state index is 12.1. The second-order valence-electron chi connectivity index (χ2n) is 6.32. The Morgan fingerprint density at radius 1 is 1.26 bits per heavy atom. The number of hydrogen-bond acceptors (Lipinski definition) is 7. The Labute approximate surface area is 162 Å². The van der Waals surface area contributed by atoms with Gasteiger partial charge < -0.3 is 10.1 Å². The van der Waals surface area contributed by atoms with Crippen LogP contribution in [-0.2, 0) is 15.3 Å². The molecule has 1 N–H and O–H groups in total. The molecule has 0 saturated heterocycles. The van der Waals surface area contributed by atoms with Crippen molar-refractivity contribution in [2.75, 3.05) is 17.7 Å². The molecule has 1 aliphatic rings. The summed E-state index contributed by atoms with van der Waals surface area (Å²) in [4.78, 5) is 23.7. The number of rotatable bonds is 8. The van der Waals surface area contributed by atoms with Gasteiger partial charge in [-0.05, 0) is 54.5 Å². The first kappa shape index (κ1) is 19.3. The van der Waals surface area contributed by atoms with Gasteiger partial charge >= 0.3 is 5.97 Å². The first-order chi connectivity index (χ1) is 13.2. The number of ether oxygens (including phenoxy) is 1. The molecular weight excluding hydrogens is 366 g/mol. The van der Waals surface area contributed by atoms with Crippen molar-refractivity contribution in [2.24, 2.45) is 0 Å². The molecule has 1 fully saturated rings. The Bertz CT molecular complexity index is 772. The second-order valence-corrected chi connectivity index (χ2v) is 7.30. The van der Waals surface area contributed by atoms with Crippen LogP contribution in [0.25, 0.3) is 0 Å². The second kappa shape index (κ2) is 9.50. The fourth-order valence-electron chi connectivity index (χ4n) is 3.08. The predicted molar refractivity (Wildman–Crippen MR) is 103 cm³/mol. The molecular formula is C18H23N5O3S. The molecule has 9 heteroatoms. The number of carbonyl (C=O) groups excluding carboxylic acids is 2. The number of esters is 1. The zero-order valence-electron chi connectivity index (χ0n) is 15.3. The van der Waals surface area contributed by atoms with E-state index in [1.54, 1.807) is 31.2 Å². The minimum absolute atomic E-state index is 0.108. The van der Waals surface area contributed by atoms with Gasteiger partial charge in [0.15, 0.2) is 5.82 Å². The summed E-state index contributed by atoms with van der Waals surface area (Å²) in [7, 11) is 0. The van der Waals surface area contributed by atoms with E-state index in [9.17, 15) is 9.59 Å². The maximum Gasteiger partial charge on any atom is 0.338 e. The zero-order valence-corrected chi connectivity index (χ0v) is 16.1. The predicted octanol–water partition coefficient (Wildman–Crippen LogP) is 2.84. The number of aromatic nitrogens is 4. The molecule has 1 aromatic carbocycles. The van der Waals surface area contributed by atoms with Crippen molar-refractivity contribution in [1.82, 2.24) is 20.2 Å². The first-order valence-electron chi connectivity index (χ1n) is 9.09. The van der Waals surface area contributed by atoms with Crippen LogP contribution in [0.15, 0.2) is 24.3 Å². The smallest absolute Gasteiger partial charge is 0.338 e. The van der Waals surface area contributed by atoms with Gasteiger partial charge in [-0.2, -0.15) is 0 Å². The Morgan fingerprint density at radius 3 is 2.70 bits per heavy atom. The van der Waals surface area contributed by atoms with Gasteiger partial charge in [0.2, 0.25) is 5.91 Å². The van der Waals surface area contributed by atoms with Crippen LogP contribution in [0.2, 0.25) is 0 Å². The fourth-order valence-corrected chi connectivity index (χ4v) is 3.81. The quantitative estimate of drug-likeness (QED) is 0.693. The van der Waals surface area contributed by atoms with Gasteiger partial charge in [-0.15, -0.1) is 16.9 Å². The van der Waals surface area contributed by atoms with Gasteiger partial charge in [-0.25, -0.2) is 9.48 Å². The van der Waals surface area contributed by atoms with Crippen molar-refractivity contribution in [1.29, 1.82) is 0 Å². The van der Waals surface area contributed by atoms with Crippen LogP contribution in [0.4, 0.5) is 5.69 Å². The molecule has 1 aliphatic carbocycles. The molecule has 0 bridgehead atoms. The van der Waals surface area contributed by atoms with E-state index in [-0.39, 0.29) is 11.9 Å². The molecule has 3 rings (SSSR count). The van der Waals surface area contributed by atoms with Gasteiger partial charge in [0.05, 0.1) is 29.7 Å². The highest BCUT2D eigenvalue weighted by Crippen LogP contribution is 2.29. The summed E-state index contributed by atoms with van der Waals surface area (Å²) in [5, 5.41) is 14.8. The lowest BCUT2D eigenvalue weighted by Gasteiger charge is -2.11. The average molecular weight is 389 g/mol. The van der Waals surface area contributed by atoms with E-state index in [4.69, 9.17) is 4.74 Å². The van der Waals surface area contributed by atoms with Gasteiger partial charge in [-0.1, -0.05) is 12.8 Å². The van der Waals surface area contributed by atoms with Crippen LogP contribution in [0.1, 0.15) is 54.8 Å². The molecule has 0 radical (unpaired) electrons. The molecule has 1 saturated carbocycles. The SMILES string of the molecule is CCOC(=O)c1ccc(NC(=O)CSCc2nnnn2C2CCCC2)cc1. The number of hydrogen-bond donors (Lipinski definition) is 1. The summed E-state index contributed by atoms with van der Waals surface area (Å²) < 4.78 is 6.84. The molecule has 0 unspecified atom stereocenters. The summed E-state index contributed by atoms with van der Waals surface area (Å²) >= 11 is 1.48. The normalized spacial score (nSPS) is 14.3. The molecule has 2 aromatic rings. The third kappa shape index (κ3) is 5.29. The minimum atomic E-state index is -0.370. The van der Waals surface area contributed by atoms with E-state index < -0.39 is 0 Å². The first-order valence-corrected chi connectivity index (χ1v) is 10.2. The summed E-state index contributed by atoms with van der Waals surface area (Å²) in [5.41, 5.74) is 1.10. The number of thioether (sulfide) groups is 1. The number of amides is 1. The van der Waals surface area contributed by atoms with E-state index in [0.717, 1.165) is 18.7 Å². The van der Waals surface area contributed by atoms with Gasteiger partial charge in [-0.3, -0.25) is 4.79 Å². The van der Waals surface area contributed by atoms with Crippen LogP contribution < -0.4 is 5.32 Å². The van der Waals surface area contributed by atoms with Crippen LogP contribution in [-0.4, -0.2) is 44.4 Å². The van der Waals surface area contributed by atoms with E-state index in [2.05, 4.69) is 20.8 Å². The van der Waals surface area contributed by atoms with E-state index in [1.165, 1.54) is 24.6 Å². The largest absolute Gasteiger partial charge is 0.462 e. The molecule has 0 aliphatic heterocycles. The van der Waals surface area contributed by atoms with Crippen molar-refractivity contribution >= 4 is 29.3 Å². The number of nitrogens with one attached hydrogen (secondary N) is 1. The molecule has 1 aromatic heterocycles. The van der Waals surface area contributed by atoms with E-state index in [1.807, 2.05) is 4.68 Å². The summed E-state index contributed by atoms with van der Waals surface area (Å²) in [6.07, 6.45) is 4.67. The van der Waals surface area contributed by atoms with Crippen LogP contribution >= 0.6 is 11.8 Å². The molecule has 8 nitrogen and oxygen atoms in total. The molecule has 144 valence electrons. The summed E-state index contributed by atoms with van der Waals surface area (Å²) in [6, 6.07) is 7.04. The number of tetrazole rings is 1. The van der Waals surface area contributed by atoms with Crippen molar-refractivity contribution in [3.8, 4) is 0 Å². The zero-order chi connectivity index (χ0) is 19.1. The highest BCUT2D eigenvalue weighted by Gasteiger charge is 2.21. The number of nitrogens with zero attached hydrogens (tertiary/aromatic N) is 4. The van der Waals surface area contributed by atoms with Crippen LogP contribution in [0.3, 0.4) is 0 Å². The summed E-state index contributed by atoms with van der Waals surface area (Å²) in [6.45, 7) is 2.09. The minimum Gasteiger partial charge on any atom is -0.462 e. The summed E-state index contributed by atoms with van der Waals surface area (Å²) in [5.74, 6) is 1.24. The fraction of sp³-hybridized carbons (Fsp3) is 0.500. The number of anilines is 1.